The zero-order chi connectivity index (χ0) is 43.0. The van der Waals surface area contributed by atoms with Crippen LogP contribution in [0.2, 0.25) is 0 Å². The highest BCUT2D eigenvalue weighted by Gasteiger charge is 2.19. The maximum atomic E-state index is 12.7. The summed E-state index contributed by atoms with van der Waals surface area (Å²) in [5, 5.41) is 0. The first-order valence-corrected chi connectivity index (χ1v) is 22.2. The minimum Gasteiger partial charge on any atom is -0.462 e. The molecule has 324 valence electrons. The Labute approximate surface area is 359 Å². The van der Waals surface area contributed by atoms with Crippen molar-refractivity contribution >= 4 is 17.9 Å². The van der Waals surface area contributed by atoms with Crippen molar-refractivity contribution in [3.8, 4) is 0 Å². The average Bonchev–Trinajstić information content (AvgIpc) is 3.23. The van der Waals surface area contributed by atoms with Crippen LogP contribution in [0.3, 0.4) is 0 Å². The van der Waals surface area contributed by atoms with Crippen LogP contribution >= 0.6 is 0 Å². The van der Waals surface area contributed by atoms with Gasteiger partial charge in [0.15, 0.2) is 6.10 Å². The standard InChI is InChI=1S/C53H76O6/c1-4-7-10-13-16-19-22-25-26-29-31-34-37-40-43-46-52(55)58-49-50(59-53(56)47-44-41-38-35-32-28-24-21-18-15-12-9-6-3)48-57-51(54)45-42-39-36-33-30-27-23-20-17-14-11-8-5-2/h7-26,28-29,31-32,35,38,50H,4-6,27,30,33-34,36-37,39-49H2,1-3H3/b10-7-,11-8-,12-9-,16-13-,17-14-,18-15-,22-19-,23-20-,24-21-,26-25-,31-29-,32-28-,38-35-. The molecule has 0 heterocycles. The summed E-state index contributed by atoms with van der Waals surface area (Å²) >= 11 is 0. The Bertz CT molecular complexity index is 1440. The van der Waals surface area contributed by atoms with E-state index in [4.69, 9.17) is 14.2 Å². The van der Waals surface area contributed by atoms with Gasteiger partial charge in [-0.3, -0.25) is 14.4 Å². The second-order valence-electron chi connectivity index (χ2n) is 13.8. The summed E-state index contributed by atoms with van der Waals surface area (Å²) in [7, 11) is 0. The van der Waals surface area contributed by atoms with Crippen molar-refractivity contribution in [1.82, 2.24) is 0 Å². The minimum atomic E-state index is -0.848. The van der Waals surface area contributed by atoms with Crippen LogP contribution in [0.5, 0.6) is 0 Å². The van der Waals surface area contributed by atoms with E-state index in [0.717, 1.165) is 77.0 Å². The van der Waals surface area contributed by atoms with Crippen LogP contribution in [0.4, 0.5) is 0 Å². The van der Waals surface area contributed by atoms with Crippen molar-refractivity contribution in [3.05, 3.63) is 158 Å². The molecule has 59 heavy (non-hydrogen) atoms. The molecule has 0 aliphatic heterocycles. The van der Waals surface area contributed by atoms with Crippen molar-refractivity contribution in [2.24, 2.45) is 0 Å². The Morgan fingerprint density at radius 2 is 0.627 bits per heavy atom. The lowest BCUT2D eigenvalue weighted by Crippen LogP contribution is -2.30. The first kappa shape index (κ1) is 54.0. The van der Waals surface area contributed by atoms with Crippen LogP contribution in [0.25, 0.3) is 0 Å². The normalized spacial score (nSPS) is 13.6. The fourth-order valence-electron chi connectivity index (χ4n) is 5.08. The van der Waals surface area contributed by atoms with Gasteiger partial charge < -0.3 is 14.2 Å². The van der Waals surface area contributed by atoms with Crippen LogP contribution in [-0.4, -0.2) is 37.2 Å². The number of rotatable bonds is 36. The van der Waals surface area contributed by atoms with Crippen molar-refractivity contribution in [2.45, 2.75) is 142 Å². The zero-order valence-electron chi connectivity index (χ0n) is 36.7. The van der Waals surface area contributed by atoms with Crippen LogP contribution in [0.15, 0.2) is 158 Å². The molecule has 0 saturated heterocycles. The second kappa shape index (κ2) is 45.7. The van der Waals surface area contributed by atoms with E-state index in [-0.39, 0.29) is 38.0 Å². The SMILES string of the molecule is CC\C=C/C=C\C=C/C=C\C=C/CCCCCC(=O)OCC(COC(=O)CCCCCCC\C=C/C=C\C=C/CC)OC(=O)CCC\C=C/C=C\C=C/C=C\C=C/CC. The van der Waals surface area contributed by atoms with Crippen molar-refractivity contribution in [1.29, 1.82) is 0 Å². The lowest BCUT2D eigenvalue weighted by Gasteiger charge is -2.18. The van der Waals surface area contributed by atoms with Crippen LogP contribution in [0, 0.1) is 0 Å². The van der Waals surface area contributed by atoms with E-state index < -0.39 is 12.1 Å². The van der Waals surface area contributed by atoms with E-state index in [1.54, 1.807) is 0 Å². The molecule has 6 heteroatoms. The molecule has 0 aliphatic carbocycles. The van der Waals surface area contributed by atoms with Gasteiger partial charge in [0.25, 0.3) is 0 Å². The van der Waals surface area contributed by atoms with E-state index in [2.05, 4.69) is 63.3 Å². The third kappa shape index (κ3) is 44.0. The number of carbonyl (C=O) groups is 3. The van der Waals surface area contributed by atoms with E-state index in [1.165, 1.54) is 0 Å². The lowest BCUT2D eigenvalue weighted by molar-refractivity contribution is -0.167. The Balaban J connectivity index is 4.66. The fourth-order valence-corrected chi connectivity index (χ4v) is 5.08. The van der Waals surface area contributed by atoms with Gasteiger partial charge in [-0.2, -0.15) is 0 Å². The summed E-state index contributed by atoms with van der Waals surface area (Å²) in [4.78, 5) is 37.7. The molecule has 0 spiro atoms. The molecule has 0 aliphatic rings. The maximum absolute atomic E-state index is 12.7. The third-order valence-electron chi connectivity index (χ3n) is 8.33. The molecule has 0 amide bonds. The fraction of sp³-hybridized carbons (Fsp3) is 0.453. The monoisotopic (exact) mass is 809 g/mol. The first-order valence-electron chi connectivity index (χ1n) is 22.2. The highest BCUT2D eigenvalue weighted by atomic mass is 16.6. The molecule has 0 fully saturated rings. The Hall–Kier alpha value is -4.97. The minimum absolute atomic E-state index is 0.140. The summed E-state index contributed by atoms with van der Waals surface area (Å²) in [6.07, 6.45) is 66.6. The predicted octanol–water partition coefficient (Wildman–Crippen LogP) is 14.3. The molecule has 0 aromatic carbocycles. The van der Waals surface area contributed by atoms with Gasteiger partial charge in [-0.05, 0) is 70.6 Å². The van der Waals surface area contributed by atoms with Crippen molar-refractivity contribution in [2.75, 3.05) is 13.2 Å². The highest BCUT2D eigenvalue weighted by molar-refractivity contribution is 5.71. The average molecular weight is 809 g/mol. The highest BCUT2D eigenvalue weighted by Crippen LogP contribution is 2.11. The summed E-state index contributed by atoms with van der Waals surface area (Å²) in [6, 6.07) is 0. The smallest absolute Gasteiger partial charge is 0.306 e. The molecule has 0 aromatic heterocycles. The molecule has 0 aromatic rings. The topological polar surface area (TPSA) is 78.9 Å². The first-order chi connectivity index (χ1) is 29.0. The Morgan fingerprint density at radius 3 is 1.02 bits per heavy atom. The van der Waals surface area contributed by atoms with Gasteiger partial charge in [-0.25, -0.2) is 0 Å². The number of hydrogen-bond acceptors (Lipinski definition) is 6. The molecule has 0 radical (unpaired) electrons. The molecular formula is C53H76O6. The summed E-state index contributed by atoms with van der Waals surface area (Å²) in [6.45, 7) is 6.04. The largest absolute Gasteiger partial charge is 0.462 e. The van der Waals surface area contributed by atoms with Crippen molar-refractivity contribution < 1.29 is 28.6 Å². The predicted molar refractivity (Wildman–Crippen MR) is 251 cm³/mol. The molecular weight excluding hydrogens is 733 g/mol. The van der Waals surface area contributed by atoms with E-state index in [9.17, 15) is 14.4 Å². The number of allylic oxidation sites excluding steroid dienone is 26. The lowest BCUT2D eigenvalue weighted by atomic mass is 10.1. The van der Waals surface area contributed by atoms with Crippen LogP contribution < -0.4 is 0 Å². The van der Waals surface area contributed by atoms with Gasteiger partial charge in [-0.1, -0.05) is 204 Å². The number of carbonyl (C=O) groups excluding carboxylic acids is 3. The molecule has 0 bridgehead atoms. The van der Waals surface area contributed by atoms with E-state index in [1.807, 2.05) is 115 Å². The van der Waals surface area contributed by atoms with E-state index >= 15 is 0 Å². The van der Waals surface area contributed by atoms with Gasteiger partial charge in [0.2, 0.25) is 0 Å². The van der Waals surface area contributed by atoms with Crippen LogP contribution in [0.1, 0.15) is 136 Å². The summed E-state index contributed by atoms with van der Waals surface area (Å²) < 4.78 is 16.6. The number of ether oxygens (including phenoxy) is 3. The van der Waals surface area contributed by atoms with Gasteiger partial charge >= 0.3 is 17.9 Å². The Morgan fingerprint density at radius 1 is 0.339 bits per heavy atom. The molecule has 1 atom stereocenters. The maximum Gasteiger partial charge on any atom is 0.306 e. The molecule has 1 unspecified atom stereocenters. The number of hydrogen-bond donors (Lipinski definition) is 0. The van der Waals surface area contributed by atoms with Gasteiger partial charge in [0.05, 0.1) is 0 Å². The van der Waals surface area contributed by atoms with Gasteiger partial charge in [0.1, 0.15) is 13.2 Å². The molecule has 0 rings (SSSR count). The zero-order valence-corrected chi connectivity index (χ0v) is 36.7. The Kier molecular flexibility index (Phi) is 41.9. The summed E-state index contributed by atoms with van der Waals surface area (Å²) in [5.41, 5.74) is 0. The molecule has 6 nitrogen and oxygen atoms in total. The second-order valence-corrected chi connectivity index (χ2v) is 13.8. The molecule has 0 saturated carbocycles. The number of unbranched alkanes of at least 4 members (excludes halogenated alkanes) is 9. The van der Waals surface area contributed by atoms with Crippen molar-refractivity contribution in [3.63, 3.8) is 0 Å². The third-order valence-corrected chi connectivity index (χ3v) is 8.33. The van der Waals surface area contributed by atoms with Gasteiger partial charge in [-0.15, -0.1) is 0 Å². The summed E-state index contributed by atoms with van der Waals surface area (Å²) in [5.74, 6) is -1.10. The van der Waals surface area contributed by atoms with E-state index in [0.29, 0.717) is 25.7 Å². The quantitative estimate of drug-likeness (QED) is 0.0271. The molecule has 0 N–H and O–H groups in total. The van der Waals surface area contributed by atoms with Crippen LogP contribution in [-0.2, 0) is 28.6 Å². The number of esters is 3. The van der Waals surface area contributed by atoms with Gasteiger partial charge in [0, 0.05) is 19.3 Å².